The summed E-state index contributed by atoms with van der Waals surface area (Å²) in [6.07, 6.45) is -0.307. The van der Waals surface area contributed by atoms with Crippen molar-refractivity contribution in [3.8, 4) is 0 Å². The third-order valence-corrected chi connectivity index (χ3v) is 3.70. The lowest BCUT2D eigenvalue weighted by atomic mass is 9.96. The molecule has 0 spiro atoms. The van der Waals surface area contributed by atoms with Crippen LogP contribution in [-0.2, 0) is 6.18 Å². The predicted molar refractivity (Wildman–Crippen MR) is 72.9 cm³/mol. The van der Waals surface area contributed by atoms with Gasteiger partial charge in [-0.2, -0.15) is 13.2 Å². The van der Waals surface area contributed by atoms with Crippen molar-refractivity contribution in [2.75, 3.05) is 25.0 Å². The number of pyridine rings is 1. The van der Waals surface area contributed by atoms with Gasteiger partial charge in [0, 0.05) is 12.7 Å². The van der Waals surface area contributed by atoms with Crippen LogP contribution in [0.3, 0.4) is 0 Å². The van der Waals surface area contributed by atoms with E-state index in [0.717, 1.165) is 31.8 Å². The van der Waals surface area contributed by atoms with Gasteiger partial charge in [-0.1, -0.05) is 11.6 Å². The number of rotatable bonds is 4. The van der Waals surface area contributed by atoms with Crippen LogP contribution in [0, 0.1) is 5.92 Å². The second kappa shape index (κ2) is 6.63. The Labute approximate surface area is 120 Å². The maximum Gasteiger partial charge on any atom is 0.417 e. The number of hydrogen-bond donors (Lipinski definition) is 2. The summed E-state index contributed by atoms with van der Waals surface area (Å²) in [6.45, 7) is 2.72. The van der Waals surface area contributed by atoms with Crippen molar-refractivity contribution in [1.29, 1.82) is 0 Å². The predicted octanol–water partition coefficient (Wildman–Crippen LogP) is 3.56. The van der Waals surface area contributed by atoms with E-state index >= 15 is 0 Å². The molecule has 0 aromatic carbocycles. The van der Waals surface area contributed by atoms with E-state index in [1.165, 1.54) is 12.8 Å². The Balaban J connectivity index is 1.86. The molecule has 2 heterocycles. The fourth-order valence-corrected chi connectivity index (χ4v) is 2.52. The average molecular weight is 308 g/mol. The van der Waals surface area contributed by atoms with Gasteiger partial charge in [-0.05, 0) is 44.3 Å². The highest BCUT2D eigenvalue weighted by molar-refractivity contribution is 6.32. The number of aromatic nitrogens is 1. The molecule has 2 rings (SSSR count). The van der Waals surface area contributed by atoms with Crippen LogP contribution in [0.1, 0.15) is 24.8 Å². The molecule has 2 N–H and O–H groups in total. The van der Waals surface area contributed by atoms with Crippen molar-refractivity contribution in [3.05, 3.63) is 22.8 Å². The van der Waals surface area contributed by atoms with Gasteiger partial charge >= 0.3 is 6.18 Å². The molecule has 0 amide bonds. The Kier molecular flexibility index (Phi) is 5.10. The molecule has 1 aliphatic heterocycles. The first-order valence-electron chi connectivity index (χ1n) is 6.64. The molecular formula is C13H17ClF3N3. The van der Waals surface area contributed by atoms with Gasteiger partial charge in [-0.3, -0.25) is 0 Å². The molecule has 0 bridgehead atoms. The minimum absolute atomic E-state index is 0.00148. The van der Waals surface area contributed by atoms with E-state index in [1.807, 2.05) is 0 Å². The van der Waals surface area contributed by atoms with Gasteiger partial charge in [0.25, 0.3) is 0 Å². The van der Waals surface area contributed by atoms with E-state index in [0.29, 0.717) is 18.3 Å². The topological polar surface area (TPSA) is 37.0 Å². The van der Waals surface area contributed by atoms with Crippen LogP contribution in [0.5, 0.6) is 0 Å². The summed E-state index contributed by atoms with van der Waals surface area (Å²) in [5.41, 5.74) is -0.829. The Morgan fingerprint density at radius 1 is 1.45 bits per heavy atom. The largest absolute Gasteiger partial charge is 0.417 e. The van der Waals surface area contributed by atoms with E-state index in [4.69, 9.17) is 11.6 Å². The molecule has 1 saturated heterocycles. The first-order valence-corrected chi connectivity index (χ1v) is 7.02. The molecular weight excluding hydrogens is 291 g/mol. The third-order valence-electron chi connectivity index (χ3n) is 3.41. The summed E-state index contributed by atoms with van der Waals surface area (Å²) in [6, 6.07) is 0.902. The van der Waals surface area contributed by atoms with Crippen LogP contribution in [-0.4, -0.2) is 24.6 Å². The Morgan fingerprint density at radius 3 is 2.85 bits per heavy atom. The summed E-state index contributed by atoms with van der Waals surface area (Å²) in [7, 11) is 0. The quantitative estimate of drug-likeness (QED) is 0.893. The van der Waals surface area contributed by atoms with E-state index in [9.17, 15) is 13.2 Å². The zero-order valence-electron chi connectivity index (χ0n) is 10.9. The first-order chi connectivity index (χ1) is 9.47. The fraction of sp³-hybridized carbons (Fsp3) is 0.615. The number of nitrogens with one attached hydrogen (secondary N) is 2. The van der Waals surface area contributed by atoms with Crippen molar-refractivity contribution < 1.29 is 13.2 Å². The van der Waals surface area contributed by atoms with Gasteiger partial charge in [-0.25, -0.2) is 4.98 Å². The lowest BCUT2D eigenvalue weighted by Crippen LogP contribution is -2.30. The van der Waals surface area contributed by atoms with E-state index in [-0.39, 0.29) is 5.02 Å². The number of halogens is 4. The third kappa shape index (κ3) is 4.24. The van der Waals surface area contributed by atoms with Gasteiger partial charge in [0.2, 0.25) is 0 Å². The summed E-state index contributed by atoms with van der Waals surface area (Å²) < 4.78 is 37.4. The van der Waals surface area contributed by atoms with Gasteiger partial charge in [0.05, 0.1) is 10.6 Å². The summed E-state index contributed by atoms with van der Waals surface area (Å²) in [5, 5.41) is 6.33. The molecule has 7 heteroatoms. The maximum absolute atomic E-state index is 12.5. The van der Waals surface area contributed by atoms with E-state index < -0.39 is 11.7 Å². The van der Waals surface area contributed by atoms with E-state index in [1.54, 1.807) is 0 Å². The summed E-state index contributed by atoms with van der Waals surface area (Å²) in [5.74, 6) is 0.910. The van der Waals surface area contributed by atoms with Gasteiger partial charge in [0.1, 0.15) is 5.82 Å². The molecule has 112 valence electrons. The minimum atomic E-state index is -4.41. The molecule has 20 heavy (non-hydrogen) atoms. The van der Waals surface area contributed by atoms with Crippen molar-refractivity contribution in [3.63, 3.8) is 0 Å². The highest BCUT2D eigenvalue weighted by Crippen LogP contribution is 2.32. The maximum atomic E-state index is 12.5. The lowest BCUT2D eigenvalue weighted by Gasteiger charge is -2.22. The molecule has 1 aromatic heterocycles. The molecule has 1 fully saturated rings. The molecule has 0 aliphatic carbocycles. The van der Waals surface area contributed by atoms with Crippen molar-refractivity contribution in [2.45, 2.75) is 25.4 Å². The first kappa shape index (κ1) is 15.4. The highest BCUT2D eigenvalue weighted by Gasteiger charge is 2.31. The van der Waals surface area contributed by atoms with Gasteiger partial charge in [-0.15, -0.1) is 0 Å². The molecule has 0 saturated carbocycles. The lowest BCUT2D eigenvalue weighted by molar-refractivity contribution is -0.137. The van der Waals surface area contributed by atoms with Gasteiger partial charge in [0.15, 0.2) is 0 Å². The molecule has 0 radical (unpaired) electrons. The van der Waals surface area contributed by atoms with Crippen molar-refractivity contribution in [1.82, 2.24) is 10.3 Å². The minimum Gasteiger partial charge on any atom is -0.369 e. The summed E-state index contributed by atoms with van der Waals surface area (Å²) in [4.78, 5) is 3.75. The van der Waals surface area contributed by atoms with Gasteiger partial charge < -0.3 is 10.6 Å². The highest BCUT2D eigenvalue weighted by atomic mass is 35.5. The van der Waals surface area contributed by atoms with Crippen LogP contribution >= 0.6 is 11.6 Å². The number of piperidine rings is 1. The zero-order valence-corrected chi connectivity index (χ0v) is 11.7. The Hall–Kier alpha value is -1.01. The van der Waals surface area contributed by atoms with Crippen LogP contribution in [0.2, 0.25) is 5.02 Å². The van der Waals surface area contributed by atoms with E-state index in [2.05, 4.69) is 15.6 Å². The number of nitrogens with zero attached hydrogens (tertiary/aromatic N) is 1. The fourth-order valence-electron chi connectivity index (χ4n) is 2.29. The monoisotopic (exact) mass is 307 g/mol. The second-order valence-corrected chi connectivity index (χ2v) is 5.39. The average Bonchev–Trinajstić information content (AvgIpc) is 2.40. The molecule has 1 aliphatic rings. The Bertz CT molecular complexity index is 445. The smallest absolute Gasteiger partial charge is 0.369 e. The number of alkyl halides is 3. The van der Waals surface area contributed by atoms with Crippen molar-refractivity contribution in [2.24, 2.45) is 5.92 Å². The van der Waals surface area contributed by atoms with Crippen LogP contribution < -0.4 is 10.6 Å². The number of hydrogen-bond acceptors (Lipinski definition) is 3. The van der Waals surface area contributed by atoms with Crippen LogP contribution in [0.15, 0.2) is 12.3 Å². The van der Waals surface area contributed by atoms with Crippen molar-refractivity contribution >= 4 is 17.4 Å². The second-order valence-electron chi connectivity index (χ2n) is 4.98. The molecule has 1 unspecified atom stereocenters. The normalized spacial score (nSPS) is 19.9. The van der Waals surface area contributed by atoms with Crippen LogP contribution in [0.25, 0.3) is 0 Å². The number of anilines is 1. The van der Waals surface area contributed by atoms with Crippen LogP contribution in [0.4, 0.5) is 19.0 Å². The molecule has 1 aromatic rings. The molecule has 3 nitrogen and oxygen atoms in total. The summed E-state index contributed by atoms with van der Waals surface area (Å²) >= 11 is 5.82. The SMILES string of the molecule is FC(F)(F)c1cnc(NCCC2CCCNC2)c(Cl)c1. The Morgan fingerprint density at radius 2 is 2.25 bits per heavy atom. The molecule has 1 atom stereocenters. The standard InChI is InChI=1S/C13H17ClF3N3/c14-11-6-10(13(15,16)17)8-20-12(11)19-5-3-9-2-1-4-18-7-9/h6,8-9,18H,1-5,7H2,(H,19,20). The zero-order chi connectivity index (χ0) is 14.6.